The molecular weight excluding hydrogens is 290 g/mol. The van der Waals surface area contributed by atoms with E-state index in [-0.39, 0.29) is 0 Å². The molecule has 0 bridgehead atoms. The van der Waals surface area contributed by atoms with E-state index in [1.54, 1.807) is 29.6 Å². The Bertz CT molecular complexity index is 1000. The molecule has 7 nitrogen and oxygen atoms in total. The number of hydrogen-bond donors (Lipinski definition) is 1. The van der Waals surface area contributed by atoms with Gasteiger partial charge >= 0.3 is 0 Å². The molecule has 0 spiro atoms. The summed E-state index contributed by atoms with van der Waals surface area (Å²) < 4.78 is 1.70. The number of imidazole rings is 1. The maximum Gasteiger partial charge on any atom is 0.157 e. The number of rotatable bonds is 3. The van der Waals surface area contributed by atoms with Gasteiger partial charge in [0.25, 0.3) is 0 Å². The van der Waals surface area contributed by atoms with Crippen molar-refractivity contribution in [1.82, 2.24) is 29.7 Å². The van der Waals surface area contributed by atoms with Crippen LogP contribution in [0.2, 0.25) is 0 Å². The second kappa shape index (κ2) is 5.35. The number of nitriles is 1. The van der Waals surface area contributed by atoms with Crippen LogP contribution in [-0.4, -0.2) is 29.7 Å². The Morgan fingerprint density at radius 2 is 2.09 bits per heavy atom. The number of H-pyrrole nitrogens is 1. The van der Waals surface area contributed by atoms with E-state index in [9.17, 15) is 0 Å². The minimum Gasteiger partial charge on any atom is -0.329 e. The maximum absolute atomic E-state index is 8.70. The Hall–Kier alpha value is -3.53. The summed E-state index contributed by atoms with van der Waals surface area (Å²) in [6, 6.07) is 7.74. The molecule has 23 heavy (non-hydrogen) atoms. The van der Waals surface area contributed by atoms with Crippen LogP contribution in [0.15, 0.2) is 49.3 Å². The number of fused-ring (bicyclic) bond motifs is 1. The number of hydrogen-bond acceptors (Lipinski definition) is 5. The van der Waals surface area contributed by atoms with E-state index < -0.39 is 0 Å². The zero-order chi connectivity index (χ0) is 15.6. The van der Waals surface area contributed by atoms with Gasteiger partial charge in [-0.05, 0) is 17.7 Å². The average molecular weight is 301 g/mol. The summed E-state index contributed by atoms with van der Waals surface area (Å²) in [5.41, 5.74) is 4.34. The Kier molecular flexibility index (Phi) is 3.06. The van der Waals surface area contributed by atoms with E-state index in [0.717, 1.165) is 27.9 Å². The van der Waals surface area contributed by atoms with E-state index in [1.165, 1.54) is 0 Å². The topological polar surface area (TPSA) is 96.1 Å². The first-order chi connectivity index (χ1) is 11.3. The quantitative estimate of drug-likeness (QED) is 0.626. The Morgan fingerprint density at radius 1 is 1.13 bits per heavy atom. The molecule has 0 aliphatic heterocycles. The number of aromatic amines is 1. The molecule has 1 N–H and O–H groups in total. The normalized spacial score (nSPS) is 10.7. The van der Waals surface area contributed by atoms with Crippen molar-refractivity contribution in [3.8, 4) is 23.0 Å². The van der Waals surface area contributed by atoms with Crippen LogP contribution in [0.5, 0.6) is 0 Å². The maximum atomic E-state index is 8.70. The predicted octanol–water partition coefficient (Wildman–Crippen LogP) is 2.27. The molecule has 4 aromatic heterocycles. The van der Waals surface area contributed by atoms with Gasteiger partial charge in [-0.2, -0.15) is 10.4 Å². The molecule has 0 atom stereocenters. The second-order valence-electron chi connectivity index (χ2n) is 4.99. The third-order valence-corrected chi connectivity index (χ3v) is 3.54. The third kappa shape index (κ3) is 2.32. The van der Waals surface area contributed by atoms with Crippen molar-refractivity contribution in [2.24, 2.45) is 0 Å². The Morgan fingerprint density at radius 3 is 2.91 bits per heavy atom. The van der Waals surface area contributed by atoms with Crippen LogP contribution in [0.3, 0.4) is 0 Å². The molecular formula is C16H11N7. The first-order valence-corrected chi connectivity index (χ1v) is 7.00. The van der Waals surface area contributed by atoms with Crippen LogP contribution in [0.4, 0.5) is 0 Å². The monoisotopic (exact) mass is 301 g/mol. The predicted molar refractivity (Wildman–Crippen MR) is 83.6 cm³/mol. The van der Waals surface area contributed by atoms with Gasteiger partial charge in [0.1, 0.15) is 5.52 Å². The molecule has 0 aliphatic rings. The van der Waals surface area contributed by atoms with Gasteiger partial charge in [-0.15, -0.1) is 0 Å². The molecule has 0 saturated carbocycles. The zero-order valence-electron chi connectivity index (χ0n) is 12.0. The number of nitrogens with one attached hydrogen (secondary N) is 1. The van der Waals surface area contributed by atoms with Crippen molar-refractivity contribution in [1.29, 1.82) is 5.26 Å². The Labute approximate surface area is 131 Å². The van der Waals surface area contributed by atoms with E-state index in [1.807, 2.05) is 24.4 Å². The van der Waals surface area contributed by atoms with Gasteiger partial charge in [0.15, 0.2) is 11.5 Å². The lowest BCUT2D eigenvalue weighted by Gasteiger charge is -2.01. The molecule has 0 unspecified atom stereocenters. The average Bonchev–Trinajstić information content (AvgIpc) is 3.25. The van der Waals surface area contributed by atoms with Gasteiger partial charge in [0, 0.05) is 29.7 Å². The smallest absolute Gasteiger partial charge is 0.157 e. The molecule has 0 radical (unpaired) electrons. The zero-order valence-corrected chi connectivity index (χ0v) is 12.0. The van der Waals surface area contributed by atoms with Gasteiger partial charge < -0.3 is 4.98 Å². The lowest BCUT2D eigenvalue weighted by atomic mass is 10.1. The molecule has 4 rings (SSSR count). The van der Waals surface area contributed by atoms with Crippen LogP contribution in [0, 0.1) is 11.3 Å². The fourth-order valence-electron chi connectivity index (χ4n) is 2.42. The molecule has 0 saturated heterocycles. The molecule has 0 aliphatic carbocycles. The van der Waals surface area contributed by atoms with Crippen molar-refractivity contribution in [3.05, 3.63) is 54.9 Å². The first kappa shape index (κ1) is 13.2. The van der Waals surface area contributed by atoms with Gasteiger partial charge in [-0.3, -0.25) is 0 Å². The first-order valence-electron chi connectivity index (χ1n) is 7.00. The van der Waals surface area contributed by atoms with Crippen molar-refractivity contribution in [2.45, 2.75) is 6.42 Å². The van der Waals surface area contributed by atoms with Crippen LogP contribution < -0.4 is 0 Å². The van der Waals surface area contributed by atoms with Crippen LogP contribution in [-0.2, 0) is 6.42 Å². The molecule has 0 amide bonds. The van der Waals surface area contributed by atoms with Crippen LogP contribution in [0.25, 0.3) is 28.1 Å². The molecule has 110 valence electrons. The van der Waals surface area contributed by atoms with E-state index in [0.29, 0.717) is 12.2 Å². The molecule has 0 fully saturated rings. The van der Waals surface area contributed by atoms with E-state index in [2.05, 4.69) is 31.1 Å². The highest BCUT2D eigenvalue weighted by atomic mass is 15.3. The lowest BCUT2D eigenvalue weighted by molar-refractivity contribution is 0.844. The number of aromatic nitrogens is 6. The van der Waals surface area contributed by atoms with Crippen molar-refractivity contribution in [2.75, 3.05) is 0 Å². The summed E-state index contributed by atoms with van der Waals surface area (Å²) in [5, 5.41) is 13.1. The molecule has 7 heteroatoms. The minimum absolute atomic E-state index is 0.353. The van der Waals surface area contributed by atoms with Crippen LogP contribution in [0.1, 0.15) is 5.56 Å². The summed E-state index contributed by atoms with van der Waals surface area (Å²) in [4.78, 5) is 15.9. The van der Waals surface area contributed by atoms with Crippen molar-refractivity contribution < 1.29 is 0 Å². The van der Waals surface area contributed by atoms with E-state index >= 15 is 0 Å². The van der Waals surface area contributed by atoms with Gasteiger partial charge in [0.05, 0.1) is 25.0 Å². The highest BCUT2D eigenvalue weighted by molar-refractivity contribution is 5.88. The van der Waals surface area contributed by atoms with Gasteiger partial charge in [-0.25, -0.2) is 19.6 Å². The largest absolute Gasteiger partial charge is 0.329 e. The number of nitrogens with zero attached hydrogens (tertiary/aromatic N) is 6. The van der Waals surface area contributed by atoms with Crippen molar-refractivity contribution >= 4 is 11.2 Å². The molecule has 0 aromatic carbocycles. The van der Waals surface area contributed by atoms with Gasteiger partial charge in [-0.1, -0.05) is 6.07 Å². The molecule has 4 aromatic rings. The Balaban J connectivity index is 1.72. The number of pyridine rings is 2. The third-order valence-electron chi connectivity index (χ3n) is 3.54. The standard InChI is InChI=1S/C16H11N7/c17-5-3-11-1-2-14(19-7-11)23-9-12(8-22-23)13-4-6-18-16-15(13)20-10-21-16/h1-2,4,6-10H,3H2,(H,18,20,21). The van der Waals surface area contributed by atoms with Crippen LogP contribution >= 0.6 is 0 Å². The van der Waals surface area contributed by atoms with Crippen molar-refractivity contribution in [3.63, 3.8) is 0 Å². The summed E-state index contributed by atoms with van der Waals surface area (Å²) in [6.45, 7) is 0. The summed E-state index contributed by atoms with van der Waals surface area (Å²) in [5.74, 6) is 0.699. The fourth-order valence-corrected chi connectivity index (χ4v) is 2.42. The highest BCUT2D eigenvalue weighted by Crippen LogP contribution is 2.25. The summed E-state index contributed by atoms with van der Waals surface area (Å²) in [7, 11) is 0. The second-order valence-corrected chi connectivity index (χ2v) is 4.99. The van der Waals surface area contributed by atoms with Gasteiger partial charge in [0.2, 0.25) is 0 Å². The SMILES string of the molecule is N#CCc1ccc(-n2cc(-c3ccnc4[nH]cnc34)cn2)nc1. The lowest BCUT2D eigenvalue weighted by Crippen LogP contribution is -1.98. The summed E-state index contributed by atoms with van der Waals surface area (Å²) in [6.07, 6.45) is 9.08. The highest BCUT2D eigenvalue weighted by Gasteiger charge is 2.10. The fraction of sp³-hybridized carbons (Fsp3) is 0.0625. The van der Waals surface area contributed by atoms with E-state index in [4.69, 9.17) is 5.26 Å². The molecule has 4 heterocycles. The minimum atomic E-state index is 0.353. The summed E-state index contributed by atoms with van der Waals surface area (Å²) >= 11 is 0.